The predicted octanol–water partition coefficient (Wildman–Crippen LogP) is 1.32. The Bertz CT molecular complexity index is 498. The molecular formula is C11H11BrN4O. The summed E-state index contributed by atoms with van der Waals surface area (Å²) in [4.78, 5) is 14.0. The number of rotatable bonds is 5. The molecule has 0 bridgehead atoms. The monoisotopic (exact) mass is 294 g/mol. The van der Waals surface area contributed by atoms with Crippen molar-refractivity contribution < 1.29 is 4.79 Å². The number of aromatic nitrogens is 3. The van der Waals surface area contributed by atoms with E-state index in [2.05, 4.69) is 31.3 Å². The molecule has 17 heavy (non-hydrogen) atoms. The maximum atomic E-state index is 10.1. The third-order valence-corrected chi connectivity index (χ3v) is 2.95. The van der Waals surface area contributed by atoms with E-state index in [-0.39, 0.29) is 0 Å². The van der Waals surface area contributed by atoms with Gasteiger partial charge in [0.2, 0.25) is 6.41 Å². The van der Waals surface area contributed by atoms with E-state index in [1.165, 1.54) is 6.33 Å². The number of hydrogen-bond acceptors (Lipinski definition) is 3. The highest BCUT2D eigenvalue weighted by Gasteiger charge is 2.04. The molecule has 2 aromatic rings. The molecule has 0 radical (unpaired) electrons. The van der Waals surface area contributed by atoms with Crippen LogP contribution in [0.1, 0.15) is 5.56 Å². The maximum absolute atomic E-state index is 10.1. The van der Waals surface area contributed by atoms with Gasteiger partial charge in [0, 0.05) is 11.0 Å². The zero-order chi connectivity index (χ0) is 12.1. The molecule has 0 atom stereocenters. The summed E-state index contributed by atoms with van der Waals surface area (Å²) in [6, 6.07) is 5.99. The number of carbonyl (C=O) groups is 1. The number of nitrogens with zero attached hydrogens (tertiary/aromatic N) is 3. The summed E-state index contributed by atoms with van der Waals surface area (Å²) in [6.45, 7) is 0.638. The van der Waals surface area contributed by atoms with Crippen LogP contribution in [0.15, 0.2) is 35.3 Å². The van der Waals surface area contributed by atoms with Crippen molar-refractivity contribution in [1.82, 2.24) is 20.1 Å². The second-order valence-corrected chi connectivity index (χ2v) is 4.30. The summed E-state index contributed by atoms with van der Waals surface area (Å²) < 4.78 is 2.64. The Morgan fingerprint density at radius 1 is 1.47 bits per heavy atom. The van der Waals surface area contributed by atoms with E-state index in [1.54, 1.807) is 11.0 Å². The molecule has 0 fully saturated rings. The van der Waals surface area contributed by atoms with Crippen molar-refractivity contribution in [2.75, 3.05) is 6.54 Å². The predicted molar refractivity (Wildman–Crippen MR) is 66.8 cm³/mol. The molecule has 6 heteroatoms. The number of hydrogen-bond donors (Lipinski definition) is 1. The molecular weight excluding hydrogens is 284 g/mol. The number of benzene rings is 1. The van der Waals surface area contributed by atoms with Crippen LogP contribution in [0.25, 0.3) is 5.69 Å². The second-order valence-electron chi connectivity index (χ2n) is 3.45. The Labute approximate surface area is 107 Å². The fraction of sp³-hybridized carbons (Fsp3) is 0.182. The molecule has 1 N–H and O–H groups in total. The highest BCUT2D eigenvalue weighted by Crippen LogP contribution is 2.21. The van der Waals surface area contributed by atoms with Gasteiger partial charge in [-0.1, -0.05) is 6.07 Å². The standard InChI is InChI=1S/C11H11BrN4O/c12-10-5-9(3-4-13-8-17)1-2-11(10)16-7-14-6-15-16/h1-2,5-8H,3-4H2,(H,13,17). The minimum absolute atomic E-state index is 0.638. The van der Waals surface area contributed by atoms with E-state index in [9.17, 15) is 4.79 Å². The molecule has 0 aliphatic carbocycles. The maximum Gasteiger partial charge on any atom is 0.207 e. The molecule has 0 unspecified atom stereocenters. The minimum Gasteiger partial charge on any atom is -0.358 e. The van der Waals surface area contributed by atoms with Crippen LogP contribution < -0.4 is 5.32 Å². The summed E-state index contributed by atoms with van der Waals surface area (Å²) in [5.41, 5.74) is 2.09. The van der Waals surface area contributed by atoms with Crippen LogP contribution in [0, 0.1) is 0 Å². The molecule has 0 spiro atoms. The Morgan fingerprint density at radius 2 is 2.35 bits per heavy atom. The average Bonchev–Trinajstić information content (AvgIpc) is 2.83. The Morgan fingerprint density at radius 3 is 3.00 bits per heavy atom. The van der Waals surface area contributed by atoms with Crippen LogP contribution in [0.3, 0.4) is 0 Å². The molecule has 88 valence electrons. The zero-order valence-electron chi connectivity index (χ0n) is 9.01. The van der Waals surface area contributed by atoms with Crippen LogP contribution in [0.4, 0.5) is 0 Å². The number of amides is 1. The first-order valence-corrected chi connectivity index (χ1v) is 5.91. The summed E-state index contributed by atoms with van der Waals surface area (Å²) >= 11 is 3.50. The minimum atomic E-state index is 0.638. The number of nitrogens with one attached hydrogen (secondary N) is 1. The lowest BCUT2D eigenvalue weighted by molar-refractivity contribution is -0.109. The third-order valence-electron chi connectivity index (χ3n) is 2.32. The van der Waals surface area contributed by atoms with E-state index in [4.69, 9.17) is 0 Å². The van der Waals surface area contributed by atoms with E-state index in [0.717, 1.165) is 22.1 Å². The first-order chi connectivity index (χ1) is 8.31. The Kier molecular flexibility index (Phi) is 3.87. The Balaban J connectivity index is 2.14. The van der Waals surface area contributed by atoms with Gasteiger partial charge in [0.05, 0.1) is 5.69 Å². The largest absolute Gasteiger partial charge is 0.358 e. The zero-order valence-corrected chi connectivity index (χ0v) is 10.6. The van der Waals surface area contributed by atoms with Crippen LogP contribution in [-0.4, -0.2) is 27.7 Å². The van der Waals surface area contributed by atoms with Gasteiger partial charge in [0.15, 0.2) is 0 Å². The lowest BCUT2D eigenvalue weighted by atomic mass is 10.1. The van der Waals surface area contributed by atoms with E-state index >= 15 is 0 Å². The molecule has 0 saturated carbocycles. The van der Waals surface area contributed by atoms with E-state index < -0.39 is 0 Å². The molecule has 0 saturated heterocycles. The summed E-state index contributed by atoms with van der Waals surface area (Å²) in [7, 11) is 0. The van der Waals surface area contributed by atoms with Crippen molar-refractivity contribution >= 4 is 22.3 Å². The highest BCUT2D eigenvalue weighted by molar-refractivity contribution is 9.10. The molecule has 0 aliphatic rings. The molecule has 2 rings (SSSR count). The first-order valence-electron chi connectivity index (χ1n) is 5.11. The molecule has 1 aromatic heterocycles. The van der Waals surface area contributed by atoms with Crippen molar-refractivity contribution in [1.29, 1.82) is 0 Å². The van der Waals surface area contributed by atoms with Crippen LogP contribution in [0.5, 0.6) is 0 Å². The SMILES string of the molecule is O=CNCCc1ccc(-n2cncn2)c(Br)c1. The van der Waals surface area contributed by atoms with Gasteiger partial charge in [-0.25, -0.2) is 9.67 Å². The van der Waals surface area contributed by atoms with E-state index in [1.807, 2.05) is 18.2 Å². The first kappa shape index (κ1) is 11.8. The number of carbonyl (C=O) groups excluding carboxylic acids is 1. The molecule has 1 amide bonds. The van der Waals surface area contributed by atoms with Crippen molar-refractivity contribution in [3.8, 4) is 5.69 Å². The van der Waals surface area contributed by atoms with Gasteiger partial charge in [-0.2, -0.15) is 5.10 Å². The summed E-state index contributed by atoms with van der Waals surface area (Å²) in [5.74, 6) is 0. The van der Waals surface area contributed by atoms with Crippen LogP contribution in [0.2, 0.25) is 0 Å². The lowest BCUT2D eigenvalue weighted by Crippen LogP contribution is -2.14. The summed E-state index contributed by atoms with van der Waals surface area (Å²) in [6.07, 6.45) is 4.65. The fourth-order valence-corrected chi connectivity index (χ4v) is 2.11. The summed E-state index contributed by atoms with van der Waals surface area (Å²) in [5, 5.41) is 6.70. The second kappa shape index (κ2) is 5.58. The van der Waals surface area contributed by atoms with Gasteiger partial charge in [-0.15, -0.1) is 0 Å². The molecule has 0 aliphatic heterocycles. The van der Waals surface area contributed by atoms with Gasteiger partial charge in [0.25, 0.3) is 0 Å². The molecule has 5 nitrogen and oxygen atoms in total. The van der Waals surface area contributed by atoms with Crippen LogP contribution in [-0.2, 0) is 11.2 Å². The quantitative estimate of drug-likeness (QED) is 0.668. The Hall–Kier alpha value is -1.69. The molecule has 1 aromatic carbocycles. The number of halogens is 1. The van der Waals surface area contributed by atoms with Gasteiger partial charge in [0.1, 0.15) is 12.7 Å². The topological polar surface area (TPSA) is 59.8 Å². The van der Waals surface area contributed by atoms with Crippen molar-refractivity contribution in [3.63, 3.8) is 0 Å². The van der Waals surface area contributed by atoms with Crippen molar-refractivity contribution in [3.05, 3.63) is 40.9 Å². The fourth-order valence-electron chi connectivity index (χ4n) is 1.50. The average molecular weight is 295 g/mol. The van der Waals surface area contributed by atoms with Gasteiger partial charge in [-0.3, -0.25) is 4.79 Å². The van der Waals surface area contributed by atoms with Gasteiger partial charge >= 0.3 is 0 Å². The lowest BCUT2D eigenvalue weighted by Gasteiger charge is -2.06. The smallest absolute Gasteiger partial charge is 0.207 e. The van der Waals surface area contributed by atoms with Crippen LogP contribution >= 0.6 is 15.9 Å². The van der Waals surface area contributed by atoms with Gasteiger partial charge < -0.3 is 5.32 Å². The third kappa shape index (κ3) is 2.91. The van der Waals surface area contributed by atoms with E-state index in [0.29, 0.717) is 13.0 Å². The normalized spacial score (nSPS) is 10.2. The van der Waals surface area contributed by atoms with Crippen molar-refractivity contribution in [2.24, 2.45) is 0 Å². The van der Waals surface area contributed by atoms with Crippen molar-refractivity contribution in [2.45, 2.75) is 6.42 Å². The van der Waals surface area contributed by atoms with Gasteiger partial charge in [-0.05, 0) is 40.0 Å². The highest BCUT2D eigenvalue weighted by atomic mass is 79.9. The molecule has 1 heterocycles.